The first-order valence-electron chi connectivity index (χ1n) is 7.44. The van der Waals surface area contributed by atoms with Crippen molar-refractivity contribution in [3.8, 4) is 0 Å². The predicted molar refractivity (Wildman–Crippen MR) is 88.0 cm³/mol. The van der Waals surface area contributed by atoms with Gasteiger partial charge in [-0.3, -0.25) is 4.79 Å². The van der Waals surface area contributed by atoms with Crippen molar-refractivity contribution in [1.82, 2.24) is 5.32 Å². The molecule has 3 rings (SSSR count). The van der Waals surface area contributed by atoms with Crippen molar-refractivity contribution in [3.05, 3.63) is 63.7 Å². The number of amides is 2. The first-order chi connectivity index (χ1) is 11.9. The first-order valence-corrected chi connectivity index (χ1v) is 7.81. The number of nitrogens with one attached hydrogen (secondary N) is 2. The molecule has 5 nitrogen and oxygen atoms in total. The van der Waals surface area contributed by atoms with E-state index < -0.39 is 29.7 Å². The maximum atomic E-state index is 14.1. The molecular formula is C17H13ClF2N2O3. The van der Waals surface area contributed by atoms with Crippen molar-refractivity contribution >= 4 is 29.3 Å². The van der Waals surface area contributed by atoms with Crippen molar-refractivity contribution in [2.45, 2.75) is 18.9 Å². The van der Waals surface area contributed by atoms with Crippen LogP contribution >= 0.6 is 11.6 Å². The molecule has 1 atom stereocenters. The lowest BCUT2D eigenvalue weighted by atomic mass is 10.0. The second kappa shape index (κ2) is 6.68. The van der Waals surface area contributed by atoms with Crippen LogP contribution in [0.15, 0.2) is 30.3 Å². The Morgan fingerprint density at radius 3 is 2.56 bits per heavy atom. The van der Waals surface area contributed by atoms with Gasteiger partial charge in [-0.25, -0.2) is 13.6 Å². The molecule has 8 heteroatoms. The van der Waals surface area contributed by atoms with Crippen LogP contribution in [0.5, 0.6) is 0 Å². The van der Waals surface area contributed by atoms with Crippen LogP contribution in [-0.2, 0) is 6.42 Å². The molecule has 1 aliphatic rings. The van der Waals surface area contributed by atoms with Gasteiger partial charge in [-0.15, -0.1) is 0 Å². The van der Waals surface area contributed by atoms with Crippen LogP contribution in [0.2, 0.25) is 5.02 Å². The Morgan fingerprint density at radius 1 is 1.16 bits per heavy atom. The van der Waals surface area contributed by atoms with Crippen molar-refractivity contribution in [2.24, 2.45) is 0 Å². The molecule has 0 fully saturated rings. The fraction of sp³-hybridized carbons (Fsp3) is 0.176. The highest BCUT2D eigenvalue weighted by Crippen LogP contribution is 2.35. The minimum absolute atomic E-state index is 0.132. The number of carbonyl (C=O) groups excluding carboxylic acids is 1. The number of hydrogen-bond donors (Lipinski definition) is 3. The molecule has 0 spiro atoms. The molecular weight excluding hydrogens is 354 g/mol. The SMILES string of the molecule is O=C(O)N[C@H]1CCc2c(C(=O)Nc3ccc(F)c(Cl)c3)ccc(F)c21. The zero-order valence-electron chi connectivity index (χ0n) is 12.8. The number of rotatable bonds is 3. The Morgan fingerprint density at radius 2 is 1.88 bits per heavy atom. The number of carboxylic acid groups (broad SMARTS) is 1. The number of benzene rings is 2. The third kappa shape index (κ3) is 3.41. The third-order valence-corrected chi connectivity index (χ3v) is 4.34. The van der Waals surface area contributed by atoms with Gasteiger partial charge in [0.25, 0.3) is 5.91 Å². The fourth-order valence-corrected chi connectivity index (χ4v) is 3.17. The second-order valence-electron chi connectivity index (χ2n) is 5.61. The molecule has 0 bridgehead atoms. The Hall–Kier alpha value is -2.67. The van der Waals surface area contributed by atoms with Gasteiger partial charge >= 0.3 is 6.09 Å². The highest BCUT2D eigenvalue weighted by molar-refractivity contribution is 6.31. The highest BCUT2D eigenvalue weighted by Gasteiger charge is 2.31. The Labute approximate surface area is 146 Å². The first kappa shape index (κ1) is 17.2. The zero-order valence-corrected chi connectivity index (χ0v) is 13.5. The number of fused-ring (bicyclic) bond motifs is 1. The van der Waals surface area contributed by atoms with E-state index in [0.717, 1.165) is 12.1 Å². The largest absolute Gasteiger partial charge is 0.465 e. The lowest BCUT2D eigenvalue weighted by Gasteiger charge is -2.14. The molecule has 0 radical (unpaired) electrons. The topological polar surface area (TPSA) is 78.4 Å². The number of hydrogen-bond acceptors (Lipinski definition) is 2. The lowest BCUT2D eigenvalue weighted by Crippen LogP contribution is -2.25. The van der Waals surface area contributed by atoms with Crippen LogP contribution in [-0.4, -0.2) is 17.1 Å². The maximum absolute atomic E-state index is 14.1. The molecule has 3 N–H and O–H groups in total. The van der Waals surface area contributed by atoms with Gasteiger partial charge in [0, 0.05) is 16.8 Å². The molecule has 2 amide bonds. The van der Waals surface area contributed by atoms with Crippen LogP contribution in [0.4, 0.5) is 19.3 Å². The average Bonchev–Trinajstić information content (AvgIpc) is 2.95. The van der Waals surface area contributed by atoms with Crippen molar-refractivity contribution in [3.63, 3.8) is 0 Å². The molecule has 1 aliphatic carbocycles. The Balaban J connectivity index is 1.90. The van der Waals surface area contributed by atoms with Crippen LogP contribution < -0.4 is 10.6 Å². The summed E-state index contributed by atoms with van der Waals surface area (Å²) < 4.78 is 27.3. The van der Waals surface area contributed by atoms with Crippen LogP contribution in [0.1, 0.15) is 33.9 Å². The molecule has 2 aromatic rings. The van der Waals surface area contributed by atoms with Crippen LogP contribution in [0, 0.1) is 11.6 Å². The third-order valence-electron chi connectivity index (χ3n) is 4.06. The number of carbonyl (C=O) groups is 2. The number of anilines is 1. The summed E-state index contributed by atoms with van der Waals surface area (Å²) in [4.78, 5) is 23.3. The lowest BCUT2D eigenvalue weighted by molar-refractivity contribution is 0.102. The van der Waals surface area contributed by atoms with Gasteiger partial charge in [-0.05, 0) is 48.7 Å². The highest BCUT2D eigenvalue weighted by atomic mass is 35.5. The van der Waals surface area contributed by atoms with Crippen LogP contribution in [0.25, 0.3) is 0 Å². The minimum atomic E-state index is -1.26. The van der Waals surface area contributed by atoms with Gasteiger partial charge in [0.15, 0.2) is 0 Å². The zero-order chi connectivity index (χ0) is 18.1. The standard InChI is InChI=1S/C17H13ClF2N2O3/c18-11-7-8(1-4-12(11)19)21-16(23)10-2-5-13(20)15-9(10)3-6-14(15)22-17(24)25/h1-2,4-5,7,14,22H,3,6H2,(H,21,23)(H,24,25)/t14-/m0/s1. The molecule has 0 aliphatic heterocycles. The molecule has 0 heterocycles. The van der Waals surface area contributed by atoms with E-state index in [1.165, 1.54) is 18.2 Å². The second-order valence-corrected chi connectivity index (χ2v) is 6.02. The summed E-state index contributed by atoms with van der Waals surface area (Å²) in [6.45, 7) is 0. The van der Waals surface area contributed by atoms with E-state index in [0.29, 0.717) is 24.1 Å². The monoisotopic (exact) mass is 366 g/mol. The summed E-state index contributed by atoms with van der Waals surface area (Å²) in [7, 11) is 0. The Bertz CT molecular complexity index is 873. The maximum Gasteiger partial charge on any atom is 0.405 e. The summed E-state index contributed by atoms with van der Waals surface area (Å²) in [6.07, 6.45) is -0.524. The van der Waals surface area contributed by atoms with Crippen molar-refractivity contribution in [2.75, 3.05) is 5.32 Å². The van der Waals surface area contributed by atoms with E-state index in [-0.39, 0.29) is 16.1 Å². The van der Waals surface area contributed by atoms with E-state index in [4.69, 9.17) is 16.7 Å². The van der Waals surface area contributed by atoms with Gasteiger partial charge in [0.05, 0.1) is 11.1 Å². The van der Waals surface area contributed by atoms with Crippen molar-refractivity contribution < 1.29 is 23.5 Å². The normalized spacial score (nSPS) is 15.6. The minimum Gasteiger partial charge on any atom is -0.465 e. The predicted octanol–water partition coefficient (Wildman–Crippen LogP) is 4.13. The van der Waals surface area contributed by atoms with Gasteiger partial charge in [0.2, 0.25) is 0 Å². The van der Waals surface area contributed by atoms with E-state index in [1.54, 1.807) is 0 Å². The van der Waals surface area contributed by atoms with Crippen LogP contribution in [0.3, 0.4) is 0 Å². The summed E-state index contributed by atoms with van der Waals surface area (Å²) in [5, 5.41) is 13.6. The van der Waals surface area contributed by atoms with E-state index in [9.17, 15) is 18.4 Å². The average molecular weight is 367 g/mol. The molecule has 0 saturated heterocycles. The van der Waals surface area contributed by atoms with Gasteiger partial charge in [-0.2, -0.15) is 0 Å². The Kier molecular flexibility index (Phi) is 4.59. The summed E-state index contributed by atoms with van der Waals surface area (Å²) in [5.74, 6) is -1.67. The van der Waals surface area contributed by atoms with E-state index in [1.807, 2.05) is 0 Å². The van der Waals surface area contributed by atoms with Gasteiger partial charge in [-0.1, -0.05) is 11.6 Å². The smallest absolute Gasteiger partial charge is 0.405 e. The van der Waals surface area contributed by atoms with Gasteiger partial charge < -0.3 is 15.7 Å². The molecule has 130 valence electrons. The number of halogens is 3. The molecule has 0 aromatic heterocycles. The molecule has 0 saturated carbocycles. The summed E-state index contributed by atoms with van der Waals surface area (Å²) in [6, 6.07) is 5.54. The van der Waals surface area contributed by atoms with E-state index in [2.05, 4.69) is 10.6 Å². The van der Waals surface area contributed by atoms with Gasteiger partial charge in [0.1, 0.15) is 11.6 Å². The summed E-state index contributed by atoms with van der Waals surface area (Å²) in [5.41, 5.74) is 1.19. The molecule has 0 unspecified atom stereocenters. The molecule has 2 aromatic carbocycles. The quantitative estimate of drug-likeness (QED) is 0.764. The fourth-order valence-electron chi connectivity index (χ4n) is 2.99. The molecule has 25 heavy (non-hydrogen) atoms. The van der Waals surface area contributed by atoms with E-state index >= 15 is 0 Å². The van der Waals surface area contributed by atoms with Crippen molar-refractivity contribution in [1.29, 1.82) is 0 Å². The summed E-state index contributed by atoms with van der Waals surface area (Å²) >= 11 is 5.69.